The second kappa shape index (κ2) is 4.57. The van der Waals surface area contributed by atoms with Crippen molar-refractivity contribution in [3.63, 3.8) is 0 Å². The number of rotatable bonds is 1. The lowest BCUT2D eigenvalue weighted by Crippen LogP contribution is -2.50. The molecule has 0 N–H and O–H groups in total. The first kappa shape index (κ1) is 11.6. The van der Waals surface area contributed by atoms with E-state index in [0.717, 1.165) is 0 Å². The molecule has 1 saturated heterocycles. The smallest absolute Gasteiger partial charge is 0.309 e. The third kappa shape index (κ3) is 2.46. The fraction of sp³-hybridized carbons (Fsp3) is 0.545. The maximum absolute atomic E-state index is 12.0. The first-order chi connectivity index (χ1) is 8.08. The zero-order chi connectivity index (χ0) is 12.4. The standard InChI is InChI=1S/C11H15N3O3/c1-8-7-12-10(17-8)11(16)14-5-3-13(4-6-14)9(2)15/h7H,3-6H2,1-2H3. The summed E-state index contributed by atoms with van der Waals surface area (Å²) >= 11 is 0. The molecule has 92 valence electrons. The highest BCUT2D eigenvalue weighted by Crippen LogP contribution is 2.09. The number of aromatic nitrogens is 1. The molecule has 0 unspecified atom stereocenters. The molecule has 2 heterocycles. The number of amides is 2. The molecule has 1 aliphatic rings. The SMILES string of the molecule is CC(=O)N1CCN(C(=O)c2ncc(C)o2)CC1. The van der Waals surface area contributed by atoms with E-state index in [9.17, 15) is 9.59 Å². The molecule has 2 amide bonds. The van der Waals surface area contributed by atoms with Gasteiger partial charge in [0.2, 0.25) is 5.91 Å². The fourth-order valence-corrected chi connectivity index (χ4v) is 1.81. The van der Waals surface area contributed by atoms with Gasteiger partial charge in [-0.05, 0) is 6.92 Å². The van der Waals surface area contributed by atoms with Crippen LogP contribution in [0.15, 0.2) is 10.6 Å². The predicted octanol–water partition coefficient (Wildman–Crippen LogP) is 0.287. The second-order valence-corrected chi connectivity index (χ2v) is 4.07. The van der Waals surface area contributed by atoms with Crippen molar-refractivity contribution in [2.45, 2.75) is 13.8 Å². The van der Waals surface area contributed by atoms with E-state index in [1.807, 2.05) is 0 Å². The largest absolute Gasteiger partial charge is 0.438 e. The predicted molar refractivity (Wildman–Crippen MR) is 59.4 cm³/mol. The number of carbonyl (C=O) groups excluding carboxylic acids is 2. The zero-order valence-corrected chi connectivity index (χ0v) is 9.97. The summed E-state index contributed by atoms with van der Waals surface area (Å²) in [6.45, 7) is 5.48. The average molecular weight is 237 g/mol. The molecule has 0 saturated carbocycles. The van der Waals surface area contributed by atoms with Gasteiger partial charge in [-0.25, -0.2) is 4.98 Å². The summed E-state index contributed by atoms with van der Waals surface area (Å²) in [5.41, 5.74) is 0. The van der Waals surface area contributed by atoms with Gasteiger partial charge in [-0.2, -0.15) is 0 Å². The summed E-state index contributed by atoms with van der Waals surface area (Å²) in [5, 5.41) is 0. The highest BCUT2D eigenvalue weighted by Gasteiger charge is 2.25. The van der Waals surface area contributed by atoms with Crippen molar-refractivity contribution in [3.05, 3.63) is 17.8 Å². The number of carbonyl (C=O) groups is 2. The normalized spacial score (nSPS) is 16.1. The highest BCUT2D eigenvalue weighted by molar-refractivity contribution is 5.89. The Morgan fingerprint density at radius 2 is 1.82 bits per heavy atom. The molecular weight excluding hydrogens is 222 g/mol. The summed E-state index contributed by atoms with van der Waals surface area (Å²) in [4.78, 5) is 30.4. The molecule has 1 aliphatic heterocycles. The molecule has 1 aromatic rings. The molecule has 0 atom stereocenters. The number of piperazine rings is 1. The number of oxazole rings is 1. The van der Waals surface area contributed by atoms with Gasteiger partial charge in [0.1, 0.15) is 5.76 Å². The van der Waals surface area contributed by atoms with Crippen LogP contribution in [0.2, 0.25) is 0 Å². The van der Waals surface area contributed by atoms with Gasteiger partial charge in [0.15, 0.2) is 0 Å². The monoisotopic (exact) mass is 237 g/mol. The van der Waals surface area contributed by atoms with Gasteiger partial charge in [0, 0.05) is 33.1 Å². The molecule has 6 heteroatoms. The Morgan fingerprint density at radius 1 is 1.24 bits per heavy atom. The lowest BCUT2D eigenvalue weighted by molar-refractivity contribution is -0.130. The summed E-state index contributed by atoms with van der Waals surface area (Å²) in [6, 6.07) is 0. The maximum Gasteiger partial charge on any atom is 0.309 e. The molecule has 1 fully saturated rings. The molecule has 1 aromatic heterocycles. The first-order valence-electron chi connectivity index (χ1n) is 5.55. The maximum atomic E-state index is 12.0. The number of aryl methyl sites for hydroxylation is 1. The molecule has 17 heavy (non-hydrogen) atoms. The van der Waals surface area contributed by atoms with Gasteiger partial charge < -0.3 is 14.2 Å². The molecule has 0 aliphatic carbocycles. The minimum Gasteiger partial charge on any atom is -0.438 e. The number of nitrogens with zero attached hydrogens (tertiary/aromatic N) is 3. The molecule has 0 bridgehead atoms. The van der Waals surface area contributed by atoms with Gasteiger partial charge in [-0.1, -0.05) is 0 Å². The first-order valence-corrected chi connectivity index (χ1v) is 5.55. The van der Waals surface area contributed by atoms with Crippen LogP contribution >= 0.6 is 0 Å². The Hall–Kier alpha value is -1.85. The van der Waals surface area contributed by atoms with Crippen molar-refractivity contribution in [2.75, 3.05) is 26.2 Å². The van der Waals surface area contributed by atoms with Crippen molar-refractivity contribution >= 4 is 11.8 Å². The Balaban J connectivity index is 1.97. The van der Waals surface area contributed by atoms with E-state index in [2.05, 4.69) is 4.98 Å². The van der Waals surface area contributed by atoms with Crippen LogP contribution in [0.4, 0.5) is 0 Å². The molecule has 0 radical (unpaired) electrons. The third-order valence-corrected chi connectivity index (χ3v) is 2.82. The summed E-state index contributed by atoms with van der Waals surface area (Å²) in [6.07, 6.45) is 1.53. The minimum atomic E-state index is -0.207. The highest BCUT2D eigenvalue weighted by atomic mass is 16.4. The second-order valence-electron chi connectivity index (χ2n) is 4.07. The minimum absolute atomic E-state index is 0.0454. The summed E-state index contributed by atoms with van der Waals surface area (Å²) in [5.74, 6) is 0.583. The molecule has 2 rings (SSSR count). The van der Waals surface area contributed by atoms with E-state index < -0.39 is 0 Å². The Bertz CT molecular complexity index is 433. The van der Waals surface area contributed by atoms with Gasteiger partial charge in [0.05, 0.1) is 6.20 Å². The van der Waals surface area contributed by atoms with Crippen molar-refractivity contribution in [1.82, 2.24) is 14.8 Å². The van der Waals surface area contributed by atoms with Crippen LogP contribution in [0.3, 0.4) is 0 Å². The number of hydrogen-bond donors (Lipinski definition) is 0. The summed E-state index contributed by atoms with van der Waals surface area (Å²) < 4.78 is 5.19. The quantitative estimate of drug-likeness (QED) is 0.704. The van der Waals surface area contributed by atoms with Gasteiger partial charge in [0.25, 0.3) is 5.89 Å². The van der Waals surface area contributed by atoms with Crippen LogP contribution in [-0.2, 0) is 4.79 Å². The van der Waals surface area contributed by atoms with Crippen LogP contribution < -0.4 is 0 Å². The van der Waals surface area contributed by atoms with Crippen LogP contribution in [-0.4, -0.2) is 52.8 Å². The van der Waals surface area contributed by atoms with E-state index in [4.69, 9.17) is 4.42 Å². The third-order valence-electron chi connectivity index (χ3n) is 2.82. The van der Waals surface area contributed by atoms with Crippen molar-refractivity contribution in [1.29, 1.82) is 0 Å². The van der Waals surface area contributed by atoms with Crippen LogP contribution in [0.1, 0.15) is 23.4 Å². The van der Waals surface area contributed by atoms with Gasteiger partial charge in [-0.3, -0.25) is 9.59 Å². The van der Waals surface area contributed by atoms with Crippen molar-refractivity contribution < 1.29 is 14.0 Å². The Labute approximate surface area is 99.2 Å². The van der Waals surface area contributed by atoms with Crippen molar-refractivity contribution in [3.8, 4) is 0 Å². The molecule has 0 aromatic carbocycles. The molecular formula is C11H15N3O3. The Morgan fingerprint density at radius 3 is 2.29 bits per heavy atom. The van der Waals surface area contributed by atoms with E-state index in [1.54, 1.807) is 16.7 Å². The topological polar surface area (TPSA) is 66.7 Å². The van der Waals surface area contributed by atoms with E-state index in [-0.39, 0.29) is 17.7 Å². The van der Waals surface area contributed by atoms with Gasteiger partial charge >= 0.3 is 5.91 Å². The van der Waals surface area contributed by atoms with E-state index in [1.165, 1.54) is 13.1 Å². The number of hydrogen-bond acceptors (Lipinski definition) is 4. The average Bonchev–Trinajstić information content (AvgIpc) is 2.75. The molecule has 0 spiro atoms. The van der Waals surface area contributed by atoms with Crippen LogP contribution in [0.25, 0.3) is 0 Å². The van der Waals surface area contributed by atoms with Crippen LogP contribution in [0, 0.1) is 6.92 Å². The van der Waals surface area contributed by atoms with Crippen LogP contribution in [0.5, 0.6) is 0 Å². The van der Waals surface area contributed by atoms with E-state index >= 15 is 0 Å². The lowest BCUT2D eigenvalue weighted by Gasteiger charge is -2.33. The van der Waals surface area contributed by atoms with Gasteiger partial charge in [-0.15, -0.1) is 0 Å². The van der Waals surface area contributed by atoms with Crippen molar-refractivity contribution in [2.24, 2.45) is 0 Å². The Kier molecular flexibility index (Phi) is 3.12. The fourth-order valence-electron chi connectivity index (χ4n) is 1.81. The molecule has 6 nitrogen and oxygen atoms in total. The summed E-state index contributed by atoms with van der Waals surface area (Å²) in [7, 11) is 0. The zero-order valence-electron chi connectivity index (χ0n) is 9.97. The van der Waals surface area contributed by atoms with E-state index in [0.29, 0.717) is 31.9 Å². The lowest BCUT2D eigenvalue weighted by atomic mass is 10.3.